The number of hydrogen-bond acceptors (Lipinski definition) is 4. The van der Waals surface area contributed by atoms with E-state index >= 15 is 0 Å². The summed E-state index contributed by atoms with van der Waals surface area (Å²) in [7, 11) is 1.44. The number of nitrogens with zero attached hydrogens (tertiary/aromatic N) is 1. The molecule has 0 aromatic heterocycles. The molecule has 0 unspecified atom stereocenters. The molecule has 106 valence electrons. The third-order valence-electron chi connectivity index (χ3n) is 2.79. The molecule has 2 rings (SSSR count). The van der Waals surface area contributed by atoms with Crippen LogP contribution in [-0.2, 0) is 11.3 Å². The van der Waals surface area contributed by atoms with Gasteiger partial charge in [-0.05, 0) is 17.7 Å². The SMILES string of the molecule is COc1c(C#N)cccc1NC(=O)OCc1ccccc1. The smallest absolute Gasteiger partial charge is 0.412 e. The molecule has 0 radical (unpaired) electrons. The second-order valence-corrected chi connectivity index (χ2v) is 4.18. The Morgan fingerprint density at radius 2 is 1.95 bits per heavy atom. The van der Waals surface area contributed by atoms with Crippen LogP contribution in [0, 0.1) is 11.3 Å². The van der Waals surface area contributed by atoms with Crippen molar-refractivity contribution in [3.8, 4) is 11.8 Å². The number of nitriles is 1. The fourth-order valence-electron chi connectivity index (χ4n) is 1.81. The van der Waals surface area contributed by atoms with Gasteiger partial charge in [0.05, 0.1) is 18.4 Å². The minimum Gasteiger partial charge on any atom is -0.493 e. The number of methoxy groups -OCH3 is 1. The van der Waals surface area contributed by atoms with Gasteiger partial charge in [0.2, 0.25) is 0 Å². The summed E-state index contributed by atoms with van der Waals surface area (Å²) in [6, 6.07) is 16.3. The van der Waals surface area contributed by atoms with Gasteiger partial charge in [-0.3, -0.25) is 5.32 Å². The molecule has 0 aliphatic carbocycles. The molecular formula is C16H14N2O3. The van der Waals surface area contributed by atoms with E-state index in [9.17, 15) is 4.79 Å². The van der Waals surface area contributed by atoms with Crippen molar-refractivity contribution in [3.05, 3.63) is 59.7 Å². The van der Waals surface area contributed by atoms with Gasteiger partial charge in [-0.1, -0.05) is 36.4 Å². The second kappa shape index (κ2) is 6.96. The Labute approximate surface area is 122 Å². The van der Waals surface area contributed by atoms with Gasteiger partial charge in [0.25, 0.3) is 0 Å². The Bertz CT molecular complexity index is 663. The molecular weight excluding hydrogens is 268 g/mol. The van der Waals surface area contributed by atoms with Crippen LogP contribution in [0.4, 0.5) is 10.5 Å². The number of hydrogen-bond donors (Lipinski definition) is 1. The highest BCUT2D eigenvalue weighted by molar-refractivity contribution is 5.87. The molecule has 5 heteroatoms. The highest BCUT2D eigenvalue weighted by atomic mass is 16.5. The average Bonchev–Trinajstić information content (AvgIpc) is 2.53. The Hall–Kier alpha value is -3.00. The van der Waals surface area contributed by atoms with Crippen molar-refractivity contribution in [2.75, 3.05) is 12.4 Å². The number of rotatable bonds is 4. The Morgan fingerprint density at radius 1 is 1.19 bits per heavy atom. The molecule has 0 heterocycles. The molecule has 1 amide bonds. The van der Waals surface area contributed by atoms with Gasteiger partial charge in [0, 0.05) is 0 Å². The van der Waals surface area contributed by atoms with Crippen LogP contribution in [0.5, 0.6) is 5.75 Å². The van der Waals surface area contributed by atoms with E-state index < -0.39 is 6.09 Å². The Morgan fingerprint density at radius 3 is 2.62 bits per heavy atom. The van der Waals surface area contributed by atoms with Gasteiger partial charge in [-0.25, -0.2) is 4.79 Å². The number of anilines is 1. The molecule has 0 saturated heterocycles. The highest BCUT2D eigenvalue weighted by Crippen LogP contribution is 2.28. The predicted molar refractivity (Wildman–Crippen MR) is 78.0 cm³/mol. The second-order valence-electron chi connectivity index (χ2n) is 4.18. The number of amides is 1. The first-order valence-electron chi connectivity index (χ1n) is 6.29. The van der Waals surface area contributed by atoms with E-state index in [1.807, 2.05) is 36.4 Å². The van der Waals surface area contributed by atoms with E-state index in [0.717, 1.165) is 5.56 Å². The standard InChI is InChI=1S/C16H14N2O3/c1-20-15-13(10-17)8-5-9-14(15)18-16(19)21-11-12-6-3-2-4-7-12/h2-9H,11H2,1H3,(H,18,19). The van der Waals surface area contributed by atoms with Gasteiger partial charge >= 0.3 is 6.09 Å². The molecule has 0 atom stereocenters. The van der Waals surface area contributed by atoms with Crippen molar-refractivity contribution in [3.63, 3.8) is 0 Å². The highest BCUT2D eigenvalue weighted by Gasteiger charge is 2.12. The zero-order valence-corrected chi connectivity index (χ0v) is 11.5. The van der Waals surface area contributed by atoms with Crippen molar-refractivity contribution < 1.29 is 14.3 Å². The zero-order chi connectivity index (χ0) is 15.1. The van der Waals surface area contributed by atoms with Crippen LogP contribution in [0.1, 0.15) is 11.1 Å². The zero-order valence-electron chi connectivity index (χ0n) is 11.5. The van der Waals surface area contributed by atoms with E-state index in [1.165, 1.54) is 7.11 Å². The van der Waals surface area contributed by atoms with Crippen LogP contribution in [-0.4, -0.2) is 13.2 Å². The van der Waals surface area contributed by atoms with Crippen molar-refractivity contribution in [2.24, 2.45) is 0 Å². The van der Waals surface area contributed by atoms with Gasteiger partial charge < -0.3 is 9.47 Å². The largest absolute Gasteiger partial charge is 0.493 e. The topological polar surface area (TPSA) is 71.3 Å². The Kier molecular flexibility index (Phi) is 4.78. The fourth-order valence-corrected chi connectivity index (χ4v) is 1.81. The Balaban J connectivity index is 2.02. The first kappa shape index (κ1) is 14.4. The lowest BCUT2D eigenvalue weighted by Crippen LogP contribution is -2.14. The van der Waals surface area contributed by atoms with Gasteiger partial charge in [-0.2, -0.15) is 5.26 Å². The molecule has 0 saturated carbocycles. The first-order valence-corrected chi connectivity index (χ1v) is 6.29. The van der Waals surface area contributed by atoms with Gasteiger partial charge in [0.15, 0.2) is 5.75 Å². The third kappa shape index (κ3) is 3.74. The maximum atomic E-state index is 11.8. The predicted octanol–water partition coefficient (Wildman–Crippen LogP) is 3.32. The maximum absolute atomic E-state index is 11.8. The van der Waals surface area contributed by atoms with Crippen molar-refractivity contribution in [2.45, 2.75) is 6.61 Å². The van der Waals surface area contributed by atoms with Crippen LogP contribution in [0.3, 0.4) is 0 Å². The first-order chi connectivity index (χ1) is 10.2. The van der Waals surface area contributed by atoms with E-state index in [-0.39, 0.29) is 6.61 Å². The molecule has 2 aromatic rings. The summed E-state index contributed by atoms with van der Waals surface area (Å²) < 4.78 is 10.3. The lowest BCUT2D eigenvalue weighted by Gasteiger charge is -2.11. The minimum absolute atomic E-state index is 0.174. The number of carbonyl (C=O) groups excluding carboxylic acids is 1. The van der Waals surface area contributed by atoms with Crippen LogP contribution >= 0.6 is 0 Å². The normalized spacial score (nSPS) is 9.52. The summed E-state index contributed by atoms with van der Waals surface area (Å²) in [5, 5.41) is 11.6. The molecule has 0 aliphatic rings. The van der Waals surface area contributed by atoms with Crippen LogP contribution in [0.15, 0.2) is 48.5 Å². The van der Waals surface area contributed by atoms with Crippen LogP contribution in [0.2, 0.25) is 0 Å². The third-order valence-corrected chi connectivity index (χ3v) is 2.79. The van der Waals surface area contributed by atoms with Gasteiger partial charge in [-0.15, -0.1) is 0 Å². The number of carbonyl (C=O) groups is 1. The number of para-hydroxylation sites is 1. The summed E-state index contributed by atoms with van der Waals surface area (Å²) >= 11 is 0. The molecule has 0 bridgehead atoms. The lowest BCUT2D eigenvalue weighted by molar-refractivity contribution is 0.155. The summed E-state index contributed by atoms with van der Waals surface area (Å²) in [4.78, 5) is 11.8. The minimum atomic E-state index is -0.604. The van der Waals surface area contributed by atoms with Crippen molar-refractivity contribution >= 4 is 11.8 Å². The summed E-state index contributed by atoms with van der Waals surface area (Å²) in [5.41, 5.74) is 1.64. The van der Waals surface area contributed by atoms with Crippen molar-refractivity contribution in [1.29, 1.82) is 5.26 Å². The maximum Gasteiger partial charge on any atom is 0.412 e. The lowest BCUT2D eigenvalue weighted by atomic mass is 10.2. The number of nitrogens with one attached hydrogen (secondary N) is 1. The molecule has 21 heavy (non-hydrogen) atoms. The van der Waals surface area contributed by atoms with Crippen LogP contribution < -0.4 is 10.1 Å². The molecule has 1 N–H and O–H groups in total. The average molecular weight is 282 g/mol. The van der Waals surface area contributed by atoms with Crippen molar-refractivity contribution in [1.82, 2.24) is 0 Å². The van der Waals surface area contributed by atoms with Crippen LogP contribution in [0.25, 0.3) is 0 Å². The van der Waals surface area contributed by atoms with E-state index in [0.29, 0.717) is 17.0 Å². The summed E-state index contributed by atoms with van der Waals surface area (Å²) in [6.07, 6.45) is -0.604. The van der Waals surface area contributed by atoms with E-state index in [1.54, 1.807) is 18.2 Å². The number of benzene rings is 2. The van der Waals surface area contributed by atoms with E-state index in [2.05, 4.69) is 5.32 Å². The number of ether oxygens (including phenoxy) is 2. The molecule has 0 spiro atoms. The molecule has 0 aliphatic heterocycles. The van der Waals surface area contributed by atoms with Gasteiger partial charge in [0.1, 0.15) is 12.7 Å². The van der Waals surface area contributed by atoms with E-state index in [4.69, 9.17) is 14.7 Å². The molecule has 2 aromatic carbocycles. The molecule has 0 fully saturated rings. The fraction of sp³-hybridized carbons (Fsp3) is 0.125. The molecule has 5 nitrogen and oxygen atoms in total. The summed E-state index contributed by atoms with van der Waals surface area (Å²) in [6.45, 7) is 0.174. The quantitative estimate of drug-likeness (QED) is 0.933. The monoisotopic (exact) mass is 282 g/mol. The summed E-state index contributed by atoms with van der Waals surface area (Å²) in [5.74, 6) is 0.316.